The van der Waals surface area contributed by atoms with Gasteiger partial charge in [-0.15, -0.1) is 0 Å². The van der Waals surface area contributed by atoms with Crippen molar-refractivity contribution in [2.24, 2.45) is 5.92 Å². The monoisotopic (exact) mass is 286 g/mol. The van der Waals surface area contributed by atoms with Crippen LogP contribution in [0.2, 0.25) is 0 Å². The molecule has 1 saturated carbocycles. The normalized spacial score (nSPS) is 23.1. The molecule has 1 aliphatic rings. The molecular formula is C13H19FN2O2S. The molecule has 0 unspecified atom stereocenters. The van der Waals surface area contributed by atoms with Gasteiger partial charge in [-0.1, -0.05) is 13.0 Å². The summed E-state index contributed by atoms with van der Waals surface area (Å²) < 4.78 is 40.6. The minimum Gasteiger partial charge on any atom is -0.316 e. The van der Waals surface area contributed by atoms with Gasteiger partial charge < -0.3 is 5.32 Å². The highest BCUT2D eigenvalue weighted by Crippen LogP contribution is 2.28. The molecule has 0 spiro atoms. The van der Waals surface area contributed by atoms with Crippen molar-refractivity contribution in [3.05, 3.63) is 29.6 Å². The molecular weight excluding hydrogens is 267 g/mol. The lowest BCUT2D eigenvalue weighted by Crippen LogP contribution is -2.43. The summed E-state index contributed by atoms with van der Waals surface area (Å²) in [6.07, 6.45) is 1.64. The fourth-order valence-corrected chi connectivity index (χ4v) is 3.68. The second kappa shape index (κ2) is 5.56. The van der Waals surface area contributed by atoms with Crippen LogP contribution in [0.15, 0.2) is 23.1 Å². The van der Waals surface area contributed by atoms with Gasteiger partial charge in [0, 0.05) is 12.6 Å². The molecule has 0 saturated heterocycles. The third-order valence-electron chi connectivity index (χ3n) is 3.36. The molecule has 1 aromatic rings. The van der Waals surface area contributed by atoms with Crippen molar-refractivity contribution in [2.75, 3.05) is 7.05 Å². The smallest absolute Gasteiger partial charge is 0.243 e. The molecule has 0 radical (unpaired) electrons. The van der Waals surface area contributed by atoms with Crippen molar-refractivity contribution >= 4 is 10.0 Å². The quantitative estimate of drug-likeness (QED) is 0.865. The Morgan fingerprint density at radius 2 is 2.05 bits per heavy atom. The van der Waals surface area contributed by atoms with E-state index in [1.54, 1.807) is 13.1 Å². The molecule has 0 amide bonds. The summed E-state index contributed by atoms with van der Waals surface area (Å²) in [4.78, 5) is -0.271. The van der Waals surface area contributed by atoms with E-state index in [4.69, 9.17) is 0 Å². The molecule has 6 heteroatoms. The highest BCUT2D eigenvalue weighted by Gasteiger charge is 2.30. The number of rotatable bonds is 5. The molecule has 0 aromatic heterocycles. The van der Waals surface area contributed by atoms with Crippen LogP contribution in [0.25, 0.3) is 0 Å². The van der Waals surface area contributed by atoms with Crippen LogP contribution >= 0.6 is 0 Å². The summed E-state index contributed by atoms with van der Waals surface area (Å²) >= 11 is 0. The Balaban J connectivity index is 2.15. The number of hydrogen-bond donors (Lipinski definition) is 2. The molecule has 0 heterocycles. The standard InChI is InChI=1S/C13H19FN2O2S/c1-9-5-11(6-9)16-19(17,18)13-4-3-10(8-15-2)7-12(13)14/h3-4,7,9,11,15-16H,5-6,8H2,1-2H3. The van der Waals surface area contributed by atoms with E-state index in [1.165, 1.54) is 12.1 Å². The maximum absolute atomic E-state index is 13.9. The van der Waals surface area contributed by atoms with Crippen LogP contribution < -0.4 is 10.0 Å². The summed E-state index contributed by atoms with van der Waals surface area (Å²) in [5.74, 6) is -0.164. The van der Waals surface area contributed by atoms with Gasteiger partial charge in [-0.3, -0.25) is 0 Å². The zero-order valence-corrected chi connectivity index (χ0v) is 11.9. The number of sulfonamides is 1. The van der Waals surface area contributed by atoms with E-state index in [0.717, 1.165) is 18.4 Å². The zero-order valence-electron chi connectivity index (χ0n) is 11.1. The topological polar surface area (TPSA) is 58.2 Å². The van der Waals surface area contributed by atoms with Gasteiger partial charge >= 0.3 is 0 Å². The maximum Gasteiger partial charge on any atom is 0.243 e. The van der Waals surface area contributed by atoms with Crippen molar-refractivity contribution in [3.63, 3.8) is 0 Å². The Bertz CT molecular complexity index is 554. The fraction of sp³-hybridized carbons (Fsp3) is 0.538. The van der Waals surface area contributed by atoms with E-state index in [9.17, 15) is 12.8 Å². The van der Waals surface area contributed by atoms with Crippen LogP contribution in [0.1, 0.15) is 25.3 Å². The van der Waals surface area contributed by atoms with Crippen molar-refractivity contribution in [1.82, 2.24) is 10.0 Å². The molecule has 2 N–H and O–H groups in total. The molecule has 0 atom stereocenters. The predicted molar refractivity (Wildman–Crippen MR) is 71.7 cm³/mol. The maximum atomic E-state index is 13.9. The second-order valence-corrected chi connectivity index (χ2v) is 6.87. The first-order chi connectivity index (χ1) is 8.92. The lowest BCUT2D eigenvalue weighted by atomic mass is 9.83. The van der Waals surface area contributed by atoms with Crippen LogP contribution in [0.5, 0.6) is 0 Å². The van der Waals surface area contributed by atoms with E-state index in [1.807, 2.05) is 0 Å². The molecule has 0 bridgehead atoms. The van der Waals surface area contributed by atoms with Crippen molar-refractivity contribution in [2.45, 2.75) is 37.2 Å². The SMILES string of the molecule is CNCc1ccc(S(=O)(=O)NC2CC(C)C2)c(F)c1. The molecule has 1 aromatic carbocycles. The van der Waals surface area contributed by atoms with Crippen LogP contribution in [-0.2, 0) is 16.6 Å². The van der Waals surface area contributed by atoms with E-state index < -0.39 is 15.8 Å². The summed E-state index contributed by atoms with van der Waals surface area (Å²) in [6, 6.07) is 4.15. The summed E-state index contributed by atoms with van der Waals surface area (Å²) in [5, 5.41) is 2.89. The van der Waals surface area contributed by atoms with Crippen LogP contribution in [0.4, 0.5) is 4.39 Å². The van der Waals surface area contributed by atoms with Crippen LogP contribution in [0.3, 0.4) is 0 Å². The van der Waals surface area contributed by atoms with E-state index in [2.05, 4.69) is 17.0 Å². The Morgan fingerprint density at radius 3 is 2.58 bits per heavy atom. The highest BCUT2D eigenvalue weighted by molar-refractivity contribution is 7.89. The Hall–Kier alpha value is -0.980. The van der Waals surface area contributed by atoms with Gasteiger partial charge in [0.2, 0.25) is 10.0 Å². The first-order valence-electron chi connectivity index (χ1n) is 6.37. The number of halogens is 1. The molecule has 1 fully saturated rings. The highest BCUT2D eigenvalue weighted by atomic mass is 32.2. The largest absolute Gasteiger partial charge is 0.316 e. The number of hydrogen-bond acceptors (Lipinski definition) is 3. The molecule has 1 aliphatic carbocycles. The van der Waals surface area contributed by atoms with Crippen molar-refractivity contribution in [3.8, 4) is 0 Å². The van der Waals surface area contributed by atoms with Gasteiger partial charge in [-0.25, -0.2) is 17.5 Å². The Morgan fingerprint density at radius 1 is 1.37 bits per heavy atom. The van der Waals surface area contributed by atoms with Gasteiger partial charge in [0.05, 0.1) is 0 Å². The minimum atomic E-state index is -3.75. The third-order valence-corrected chi connectivity index (χ3v) is 4.92. The molecule has 2 rings (SSSR count). The van der Waals surface area contributed by atoms with E-state index in [0.29, 0.717) is 12.5 Å². The summed E-state index contributed by atoms with van der Waals surface area (Å²) in [5.41, 5.74) is 0.719. The first kappa shape index (κ1) is 14.4. The van der Waals surface area contributed by atoms with Crippen LogP contribution in [0, 0.1) is 11.7 Å². The summed E-state index contributed by atoms with van der Waals surface area (Å²) in [6.45, 7) is 2.57. The Labute approximate surface area is 113 Å². The average Bonchev–Trinajstić information content (AvgIpc) is 2.26. The van der Waals surface area contributed by atoms with E-state index in [-0.39, 0.29) is 10.9 Å². The average molecular weight is 286 g/mol. The van der Waals surface area contributed by atoms with Crippen molar-refractivity contribution < 1.29 is 12.8 Å². The van der Waals surface area contributed by atoms with Crippen LogP contribution in [-0.4, -0.2) is 21.5 Å². The first-order valence-corrected chi connectivity index (χ1v) is 7.86. The number of benzene rings is 1. The lowest BCUT2D eigenvalue weighted by Gasteiger charge is -2.32. The van der Waals surface area contributed by atoms with Gasteiger partial charge in [0.1, 0.15) is 10.7 Å². The van der Waals surface area contributed by atoms with E-state index >= 15 is 0 Å². The third kappa shape index (κ3) is 3.32. The van der Waals surface area contributed by atoms with Gasteiger partial charge in [0.25, 0.3) is 0 Å². The molecule has 19 heavy (non-hydrogen) atoms. The zero-order chi connectivity index (χ0) is 14.0. The summed E-state index contributed by atoms with van der Waals surface area (Å²) in [7, 11) is -2.00. The second-order valence-electron chi connectivity index (χ2n) is 5.19. The fourth-order valence-electron chi connectivity index (χ4n) is 2.36. The lowest BCUT2D eigenvalue weighted by molar-refractivity contribution is 0.270. The number of nitrogens with one attached hydrogen (secondary N) is 2. The Kier molecular flexibility index (Phi) is 4.23. The molecule has 106 valence electrons. The molecule has 4 nitrogen and oxygen atoms in total. The van der Waals surface area contributed by atoms with Crippen molar-refractivity contribution in [1.29, 1.82) is 0 Å². The predicted octanol–water partition coefficient (Wildman–Crippen LogP) is 1.62. The molecule has 0 aliphatic heterocycles. The van der Waals surface area contributed by atoms with Gasteiger partial charge in [0.15, 0.2) is 0 Å². The van der Waals surface area contributed by atoms with Gasteiger partial charge in [-0.2, -0.15) is 0 Å². The minimum absolute atomic E-state index is 0.0589. The van der Waals surface area contributed by atoms with Gasteiger partial charge in [-0.05, 0) is 43.5 Å².